The zero-order chi connectivity index (χ0) is 25.8. The fourth-order valence-electron chi connectivity index (χ4n) is 4.26. The molecule has 2 heterocycles. The first-order valence-electron chi connectivity index (χ1n) is 11.8. The van der Waals surface area contributed by atoms with Crippen LogP contribution in [0, 0.1) is 17.7 Å². The number of rotatable bonds is 7. The molecule has 1 aromatic heterocycles. The second-order valence-corrected chi connectivity index (χ2v) is 9.07. The van der Waals surface area contributed by atoms with Gasteiger partial charge in [-0.3, -0.25) is 9.59 Å². The Balaban J connectivity index is 1.53. The summed E-state index contributed by atoms with van der Waals surface area (Å²) in [7, 11) is 0. The topological polar surface area (TPSA) is 79.5 Å². The fraction of sp³-hybridized carbons (Fsp3) is 0.385. The van der Waals surface area contributed by atoms with Crippen LogP contribution in [0.4, 0.5) is 18.9 Å². The van der Waals surface area contributed by atoms with Crippen LogP contribution in [-0.4, -0.2) is 40.0 Å². The van der Waals surface area contributed by atoms with Crippen molar-refractivity contribution in [3.63, 3.8) is 0 Å². The zero-order valence-electron chi connectivity index (χ0n) is 20.0. The molecule has 0 atom stereocenters. The second-order valence-electron chi connectivity index (χ2n) is 9.07. The minimum atomic E-state index is -2.92. The van der Waals surface area contributed by atoms with Crippen molar-refractivity contribution in [1.82, 2.24) is 15.1 Å². The molecule has 0 saturated carbocycles. The van der Waals surface area contributed by atoms with Crippen LogP contribution >= 0.6 is 0 Å². The van der Waals surface area contributed by atoms with Gasteiger partial charge < -0.3 is 14.2 Å². The minimum absolute atomic E-state index is 0.0216. The van der Waals surface area contributed by atoms with E-state index in [1.54, 1.807) is 34.1 Å². The molecule has 3 aromatic rings. The molecule has 36 heavy (non-hydrogen) atoms. The zero-order valence-corrected chi connectivity index (χ0v) is 20.0. The van der Waals surface area contributed by atoms with Gasteiger partial charge in [-0.25, -0.2) is 4.39 Å². The SMILES string of the molecule is CC(C)C(=O)N1CCC(C(=O)N(Cc2ccc(-c3nnc(C(F)F)o3)cc2F)c2ccccc2)CC1. The van der Waals surface area contributed by atoms with Gasteiger partial charge in [-0.1, -0.05) is 38.1 Å². The maximum absolute atomic E-state index is 15.1. The first-order valence-corrected chi connectivity index (χ1v) is 11.8. The lowest BCUT2D eigenvalue weighted by Gasteiger charge is -2.35. The number of anilines is 1. The number of aromatic nitrogens is 2. The van der Waals surface area contributed by atoms with E-state index in [0.29, 0.717) is 31.6 Å². The number of benzene rings is 2. The number of hydrogen-bond acceptors (Lipinski definition) is 5. The quantitative estimate of drug-likeness (QED) is 0.443. The van der Waals surface area contributed by atoms with Crippen LogP contribution in [0.3, 0.4) is 0 Å². The molecule has 190 valence electrons. The number of likely N-dealkylation sites (tertiary alicyclic amines) is 1. The molecule has 1 saturated heterocycles. The number of amides is 2. The summed E-state index contributed by atoms with van der Waals surface area (Å²) in [6, 6.07) is 13.1. The molecule has 10 heteroatoms. The predicted octanol–water partition coefficient (Wildman–Crippen LogP) is 5.24. The Kier molecular flexibility index (Phi) is 7.71. The monoisotopic (exact) mass is 500 g/mol. The largest absolute Gasteiger partial charge is 0.415 e. The summed E-state index contributed by atoms with van der Waals surface area (Å²) in [5.74, 6) is -2.14. The molecule has 1 aliphatic heterocycles. The highest BCUT2D eigenvalue weighted by atomic mass is 19.3. The smallest absolute Gasteiger partial charge is 0.314 e. The molecular weight excluding hydrogens is 473 g/mol. The Bertz CT molecular complexity index is 1210. The summed E-state index contributed by atoms with van der Waals surface area (Å²) in [6.07, 6.45) is -1.85. The van der Waals surface area contributed by atoms with E-state index in [1.807, 2.05) is 19.9 Å². The van der Waals surface area contributed by atoms with Gasteiger partial charge in [0.25, 0.3) is 5.89 Å². The van der Waals surface area contributed by atoms with E-state index in [9.17, 15) is 18.4 Å². The Hall–Kier alpha value is -3.69. The van der Waals surface area contributed by atoms with Crippen LogP contribution in [0.25, 0.3) is 11.5 Å². The van der Waals surface area contributed by atoms with Gasteiger partial charge in [0, 0.05) is 41.7 Å². The van der Waals surface area contributed by atoms with Crippen molar-refractivity contribution in [3.05, 3.63) is 65.8 Å². The van der Waals surface area contributed by atoms with Gasteiger partial charge in [0.2, 0.25) is 17.7 Å². The highest BCUT2D eigenvalue weighted by Crippen LogP contribution is 2.28. The number of nitrogens with zero attached hydrogens (tertiary/aromatic N) is 4. The van der Waals surface area contributed by atoms with E-state index >= 15 is 4.39 Å². The van der Waals surface area contributed by atoms with Gasteiger partial charge in [-0.15, -0.1) is 10.2 Å². The molecule has 0 bridgehead atoms. The van der Waals surface area contributed by atoms with Crippen LogP contribution in [-0.2, 0) is 16.1 Å². The van der Waals surface area contributed by atoms with E-state index in [4.69, 9.17) is 4.42 Å². The van der Waals surface area contributed by atoms with Crippen molar-refractivity contribution >= 4 is 17.5 Å². The number of carbonyl (C=O) groups is 2. The van der Waals surface area contributed by atoms with Crippen molar-refractivity contribution < 1.29 is 27.2 Å². The van der Waals surface area contributed by atoms with E-state index in [0.717, 1.165) is 6.07 Å². The van der Waals surface area contributed by atoms with E-state index < -0.39 is 18.1 Å². The third kappa shape index (κ3) is 5.58. The number of halogens is 3. The molecule has 0 spiro atoms. The Morgan fingerprint density at radius 1 is 1.08 bits per heavy atom. The van der Waals surface area contributed by atoms with E-state index in [1.165, 1.54) is 12.1 Å². The Morgan fingerprint density at radius 3 is 2.36 bits per heavy atom. The maximum atomic E-state index is 15.1. The molecule has 1 aliphatic rings. The lowest BCUT2D eigenvalue weighted by Crippen LogP contribution is -2.45. The molecule has 0 unspecified atom stereocenters. The minimum Gasteiger partial charge on any atom is -0.415 e. The average Bonchev–Trinajstić information content (AvgIpc) is 3.39. The highest BCUT2D eigenvalue weighted by Gasteiger charge is 2.32. The third-order valence-corrected chi connectivity index (χ3v) is 6.24. The summed E-state index contributed by atoms with van der Waals surface area (Å²) in [4.78, 5) is 29.2. The van der Waals surface area contributed by atoms with Crippen molar-refractivity contribution in [2.45, 2.75) is 39.7 Å². The van der Waals surface area contributed by atoms with Crippen molar-refractivity contribution in [2.24, 2.45) is 11.8 Å². The lowest BCUT2D eigenvalue weighted by atomic mass is 9.94. The van der Waals surface area contributed by atoms with Gasteiger partial charge in [0.15, 0.2) is 0 Å². The van der Waals surface area contributed by atoms with Crippen LogP contribution in [0.1, 0.15) is 44.6 Å². The molecule has 2 amide bonds. The summed E-state index contributed by atoms with van der Waals surface area (Å²) in [6.45, 7) is 4.69. The third-order valence-electron chi connectivity index (χ3n) is 6.24. The maximum Gasteiger partial charge on any atom is 0.314 e. The lowest BCUT2D eigenvalue weighted by molar-refractivity contribution is -0.137. The Labute approximate surface area is 206 Å². The summed E-state index contributed by atoms with van der Waals surface area (Å²) in [5, 5.41) is 6.82. The molecule has 0 aliphatic carbocycles. The molecule has 1 fully saturated rings. The van der Waals surface area contributed by atoms with Gasteiger partial charge in [0.1, 0.15) is 5.82 Å². The van der Waals surface area contributed by atoms with Gasteiger partial charge in [-0.05, 0) is 37.1 Å². The van der Waals surface area contributed by atoms with Crippen LogP contribution in [0.15, 0.2) is 52.9 Å². The normalized spacial score (nSPS) is 14.5. The molecule has 2 aromatic carbocycles. The molecular formula is C26H27F3N4O3. The molecule has 7 nitrogen and oxygen atoms in total. The standard InChI is InChI=1S/C26H27F3N4O3/c1-16(2)25(34)32-12-10-17(11-13-32)26(35)33(20-6-4-3-5-7-20)15-19-9-8-18(14-21(19)27)23-30-31-24(36-23)22(28)29/h3-9,14,16-17,22H,10-13,15H2,1-2H3. The van der Waals surface area contributed by atoms with Crippen LogP contribution < -0.4 is 4.90 Å². The van der Waals surface area contributed by atoms with Crippen molar-refractivity contribution in [3.8, 4) is 11.5 Å². The summed E-state index contributed by atoms with van der Waals surface area (Å²) in [5.41, 5.74) is 1.04. The van der Waals surface area contributed by atoms with Gasteiger partial charge in [-0.2, -0.15) is 8.78 Å². The first kappa shape index (κ1) is 25.4. The first-order chi connectivity index (χ1) is 17.2. The van der Waals surface area contributed by atoms with E-state index in [-0.39, 0.29) is 47.2 Å². The van der Waals surface area contributed by atoms with Crippen LogP contribution in [0.2, 0.25) is 0 Å². The predicted molar refractivity (Wildman–Crippen MR) is 126 cm³/mol. The number of carbonyl (C=O) groups excluding carboxylic acids is 2. The molecule has 0 radical (unpaired) electrons. The fourth-order valence-corrected chi connectivity index (χ4v) is 4.26. The number of hydrogen-bond donors (Lipinski definition) is 0. The number of para-hydroxylation sites is 1. The van der Waals surface area contributed by atoms with E-state index in [2.05, 4.69) is 10.2 Å². The molecule has 0 N–H and O–H groups in total. The van der Waals surface area contributed by atoms with Crippen LogP contribution in [0.5, 0.6) is 0 Å². The number of piperidine rings is 1. The number of alkyl halides is 2. The highest BCUT2D eigenvalue weighted by molar-refractivity contribution is 5.95. The Morgan fingerprint density at radius 2 is 1.78 bits per heavy atom. The average molecular weight is 501 g/mol. The van der Waals surface area contributed by atoms with Gasteiger partial charge >= 0.3 is 6.43 Å². The molecule has 4 rings (SSSR count). The van der Waals surface area contributed by atoms with Gasteiger partial charge in [0.05, 0.1) is 6.54 Å². The van der Waals surface area contributed by atoms with Crippen molar-refractivity contribution in [1.29, 1.82) is 0 Å². The summed E-state index contributed by atoms with van der Waals surface area (Å²) < 4.78 is 45.5. The second kappa shape index (κ2) is 10.9. The van der Waals surface area contributed by atoms with Crippen molar-refractivity contribution in [2.75, 3.05) is 18.0 Å². The summed E-state index contributed by atoms with van der Waals surface area (Å²) >= 11 is 0.